The quantitative estimate of drug-likeness (QED) is 0.261. The van der Waals surface area contributed by atoms with Gasteiger partial charge in [0.15, 0.2) is 0 Å². The first-order chi connectivity index (χ1) is 19.8. The molecule has 10 heteroatoms. The van der Waals surface area contributed by atoms with Gasteiger partial charge in [-0.1, -0.05) is 41.9 Å². The third-order valence-corrected chi connectivity index (χ3v) is 7.31. The van der Waals surface area contributed by atoms with Gasteiger partial charge in [0.2, 0.25) is 5.91 Å². The highest BCUT2D eigenvalue weighted by Gasteiger charge is 2.37. The first-order valence-electron chi connectivity index (χ1n) is 13.0. The number of benzene rings is 3. The average Bonchev–Trinajstić information content (AvgIpc) is 3.41. The van der Waals surface area contributed by atoms with Crippen LogP contribution in [-0.2, 0) is 9.59 Å². The van der Waals surface area contributed by atoms with Gasteiger partial charge < -0.3 is 19.6 Å². The van der Waals surface area contributed by atoms with Crippen LogP contribution in [0.1, 0.15) is 42.9 Å². The van der Waals surface area contributed by atoms with E-state index >= 15 is 0 Å². The Kier molecular flexibility index (Phi) is 8.07. The van der Waals surface area contributed by atoms with Crippen LogP contribution in [-0.4, -0.2) is 46.9 Å². The number of nitrogens with one attached hydrogen (secondary N) is 1. The molecule has 0 fully saturated rings. The highest BCUT2D eigenvalue weighted by Crippen LogP contribution is 2.41. The van der Waals surface area contributed by atoms with Gasteiger partial charge in [-0.2, -0.15) is 5.10 Å². The number of carbonyl (C=O) groups is 2. The minimum atomic E-state index is -0.983. The molecule has 0 spiro atoms. The molecular formula is C31H28ClN3O6. The summed E-state index contributed by atoms with van der Waals surface area (Å²) >= 11 is 6.39. The molecule has 1 amide bonds. The van der Waals surface area contributed by atoms with Crippen molar-refractivity contribution in [2.75, 3.05) is 14.2 Å². The third-order valence-electron chi connectivity index (χ3n) is 7.07. The van der Waals surface area contributed by atoms with Gasteiger partial charge in [-0.25, -0.2) is 5.01 Å². The number of rotatable bonds is 9. The molecule has 1 aliphatic heterocycles. The molecular weight excluding hydrogens is 546 g/mol. The topological polar surface area (TPSA) is 121 Å². The zero-order chi connectivity index (χ0) is 29.1. The van der Waals surface area contributed by atoms with Gasteiger partial charge in [0.05, 0.1) is 31.5 Å². The van der Waals surface area contributed by atoms with E-state index in [2.05, 4.69) is 4.98 Å². The van der Waals surface area contributed by atoms with Crippen LogP contribution in [0.3, 0.4) is 0 Å². The Bertz CT molecular complexity index is 1720. The SMILES string of the molecule is COc1ccc(OC)c(C2CC(c3c(-c4ccccc4)c4cc(Cl)ccc4[nH]c3=O)=NN2C(=O)CCCC(=O)O)c1. The number of aromatic nitrogens is 1. The van der Waals surface area contributed by atoms with Crippen LogP contribution in [0.5, 0.6) is 11.5 Å². The normalized spacial score (nSPS) is 14.7. The van der Waals surface area contributed by atoms with Gasteiger partial charge in [0.1, 0.15) is 11.5 Å². The molecule has 1 atom stereocenters. The van der Waals surface area contributed by atoms with Crippen molar-refractivity contribution in [1.82, 2.24) is 9.99 Å². The molecule has 1 aliphatic rings. The lowest BCUT2D eigenvalue weighted by atomic mass is 9.90. The van der Waals surface area contributed by atoms with Crippen LogP contribution in [0.2, 0.25) is 5.02 Å². The van der Waals surface area contributed by atoms with Crippen LogP contribution in [0.15, 0.2) is 76.6 Å². The van der Waals surface area contributed by atoms with E-state index in [4.69, 9.17) is 31.3 Å². The van der Waals surface area contributed by atoms with Gasteiger partial charge in [0.25, 0.3) is 5.56 Å². The fraction of sp³-hybridized carbons (Fsp3) is 0.226. The van der Waals surface area contributed by atoms with E-state index in [-0.39, 0.29) is 37.1 Å². The average molecular weight is 574 g/mol. The summed E-state index contributed by atoms with van der Waals surface area (Å²) in [5, 5.41) is 16.4. The van der Waals surface area contributed by atoms with Gasteiger partial charge in [-0.05, 0) is 48.4 Å². The molecule has 2 heterocycles. The van der Waals surface area contributed by atoms with Crippen molar-refractivity contribution < 1.29 is 24.2 Å². The maximum atomic E-state index is 13.7. The van der Waals surface area contributed by atoms with E-state index in [0.29, 0.717) is 44.4 Å². The van der Waals surface area contributed by atoms with Crippen LogP contribution in [0.4, 0.5) is 0 Å². The summed E-state index contributed by atoms with van der Waals surface area (Å²) in [7, 11) is 3.08. The molecule has 5 rings (SSSR count). The molecule has 2 N–H and O–H groups in total. The van der Waals surface area contributed by atoms with Crippen molar-refractivity contribution in [3.8, 4) is 22.6 Å². The van der Waals surface area contributed by atoms with Crippen LogP contribution in [0, 0.1) is 0 Å². The van der Waals surface area contributed by atoms with E-state index < -0.39 is 12.0 Å². The number of aromatic amines is 1. The molecule has 210 valence electrons. The third kappa shape index (κ3) is 5.67. The maximum absolute atomic E-state index is 13.7. The Morgan fingerprint density at radius 3 is 2.51 bits per heavy atom. The van der Waals surface area contributed by atoms with E-state index in [1.165, 1.54) is 12.1 Å². The maximum Gasteiger partial charge on any atom is 0.303 e. The van der Waals surface area contributed by atoms with Gasteiger partial charge >= 0.3 is 5.97 Å². The monoisotopic (exact) mass is 573 g/mol. The van der Waals surface area contributed by atoms with Crippen LogP contribution >= 0.6 is 11.6 Å². The second-order valence-corrected chi connectivity index (χ2v) is 10.1. The van der Waals surface area contributed by atoms with Crippen molar-refractivity contribution in [2.24, 2.45) is 5.10 Å². The van der Waals surface area contributed by atoms with Crippen molar-refractivity contribution in [2.45, 2.75) is 31.7 Å². The predicted octanol–water partition coefficient (Wildman–Crippen LogP) is 5.80. The summed E-state index contributed by atoms with van der Waals surface area (Å²) < 4.78 is 11.1. The number of halogens is 1. The summed E-state index contributed by atoms with van der Waals surface area (Å²) in [6.07, 6.45) is 0.193. The number of amides is 1. The number of carboxylic acids is 1. The number of nitrogens with zero attached hydrogens (tertiary/aromatic N) is 2. The molecule has 0 saturated heterocycles. The van der Waals surface area contributed by atoms with Gasteiger partial charge in [0, 0.05) is 46.3 Å². The molecule has 4 aromatic rings. The van der Waals surface area contributed by atoms with Crippen molar-refractivity contribution >= 4 is 40.1 Å². The fourth-order valence-corrected chi connectivity index (χ4v) is 5.36. The van der Waals surface area contributed by atoms with E-state index in [1.54, 1.807) is 43.5 Å². The molecule has 1 aromatic heterocycles. The highest BCUT2D eigenvalue weighted by molar-refractivity contribution is 6.31. The van der Waals surface area contributed by atoms with Crippen LogP contribution in [0.25, 0.3) is 22.0 Å². The number of hydrazone groups is 1. The van der Waals surface area contributed by atoms with E-state index in [9.17, 15) is 14.4 Å². The number of hydrogen-bond donors (Lipinski definition) is 2. The zero-order valence-electron chi connectivity index (χ0n) is 22.5. The number of fused-ring (bicyclic) bond motifs is 1. The summed E-state index contributed by atoms with van der Waals surface area (Å²) in [4.78, 5) is 41.2. The van der Waals surface area contributed by atoms with E-state index in [0.717, 1.165) is 10.9 Å². The minimum Gasteiger partial charge on any atom is -0.497 e. The lowest BCUT2D eigenvalue weighted by Gasteiger charge is -2.24. The summed E-state index contributed by atoms with van der Waals surface area (Å²) in [6, 6.07) is 19.4. The number of hydrogen-bond acceptors (Lipinski definition) is 6. The number of carbonyl (C=O) groups excluding carboxylic acids is 1. The molecule has 3 aromatic carbocycles. The fourth-order valence-electron chi connectivity index (χ4n) is 5.18. The lowest BCUT2D eigenvalue weighted by molar-refractivity contribution is -0.137. The molecule has 0 radical (unpaired) electrons. The standard InChI is InChI=1S/C31H28ClN3O6/c1-40-20-12-14-26(41-2)22(16-20)25-17-24(34-35(25)27(36)9-6-10-28(37)38)30-29(18-7-4-3-5-8-18)21-15-19(32)11-13-23(21)33-31(30)39/h3-5,7-8,11-16,25H,6,9-10,17H2,1-2H3,(H,33,39)(H,37,38). The second kappa shape index (κ2) is 11.9. The van der Waals surface area contributed by atoms with Crippen molar-refractivity contribution in [1.29, 1.82) is 0 Å². The largest absolute Gasteiger partial charge is 0.497 e. The Hall–Kier alpha value is -4.63. The minimum absolute atomic E-state index is 0.0267. The number of aliphatic carboxylic acids is 1. The number of H-pyrrole nitrogens is 1. The molecule has 9 nitrogen and oxygen atoms in total. The lowest BCUT2D eigenvalue weighted by Crippen LogP contribution is -2.27. The zero-order valence-corrected chi connectivity index (χ0v) is 23.3. The number of methoxy groups -OCH3 is 2. The number of pyridine rings is 1. The molecule has 0 saturated carbocycles. The van der Waals surface area contributed by atoms with Gasteiger partial charge in [-0.15, -0.1) is 0 Å². The number of carboxylic acid groups (broad SMARTS) is 1. The van der Waals surface area contributed by atoms with Crippen LogP contribution < -0.4 is 15.0 Å². The first-order valence-corrected chi connectivity index (χ1v) is 13.4. The molecule has 0 bridgehead atoms. The molecule has 41 heavy (non-hydrogen) atoms. The summed E-state index contributed by atoms with van der Waals surface area (Å²) in [6.45, 7) is 0. The molecule has 1 unspecified atom stereocenters. The second-order valence-electron chi connectivity index (χ2n) is 9.62. The predicted molar refractivity (Wildman–Crippen MR) is 157 cm³/mol. The van der Waals surface area contributed by atoms with Crippen molar-refractivity contribution in [3.05, 3.63) is 93.2 Å². The Morgan fingerprint density at radius 1 is 1.02 bits per heavy atom. The summed E-state index contributed by atoms with van der Waals surface area (Å²) in [5.74, 6) is -0.255. The summed E-state index contributed by atoms with van der Waals surface area (Å²) in [5.41, 5.74) is 3.11. The first kappa shape index (κ1) is 27.9. The van der Waals surface area contributed by atoms with Crippen molar-refractivity contribution in [3.63, 3.8) is 0 Å². The smallest absolute Gasteiger partial charge is 0.303 e. The Balaban J connectivity index is 1.69. The van der Waals surface area contributed by atoms with E-state index in [1.807, 2.05) is 30.3 Å². The Morgan fingerprint density at radius 2 is 1.80 bits per heavy atom. The molecule has 0 aliphatic carbocycles. The van der Waals surface area contributed by atoms with Gasteiger partial charge in [-0.3, -0.25) is 14.4 Å². The Labute approximate surface area is 241 Å². The highest BCUT2D eigenvalue weighted by atomic mass is 35.5. The number of ether oxygens (including phenoxy) is 2.